The van der Waals surface area contributed by atoms with Gasteiger partial charge in [-0.3, -0.25) is 0 Å². The van der Waals surface area contributed by atoms with Crippen LogP contribution in [0.2, 0.25) is 4.34 Å². The van der Waals surface area contributed by atoms with Crippen LogP contribution in [-0.2, 0) is 16.6 Å². The molecular weight excluding hydrogens is 328 g/mol. The summed E-state index contributed by atoms with van der Waals surface area (Å²) in [5.74, 6) is 5.67. The molecule has 7 heteroatoms. The van der Waals surface area contributed by atoms with Crippen molar-refractivity contribution in [2.24, 2.45) is 5.73 Å². The van der Waals surface area contributed by atoms with Crippen LogP contribution in [0.5, 0.6) is 0 Å². The molecule has 0 unspecified atom stereocenters. The minimum atomic E-state index is -3.52. The molecule has 0 bridgehead atoms. The molecule has 0 spiro atoms. The van der Waals surface area contributed by atoms with E-state index in [4.69, 9.17) is 17.3 Å². The van der Waals surface area contributed by atoms with Gasteiger partial charge in [0, 0.05) is 12.1 Å². The zero-order valence-electron chi connectivity index (χ0n) is 11.0. The second kappa shape index (κ2) is 7.07. The number of sulfonamides is 1. The lowest BCUT2D eigenvalue weighted by atomic mass is 10.1. The highest BCUT2D eigenvalue weighted by Gasteiger charge is 2.15. The molecule has 0 fully saturated rings. The fraction of sp³-hybridized carbons (Fsp3) is 0.143. The Morgan fingerprint density at radius 2 is 1.90 bits per heavy atom. The first-order valence-corrected chi connectivity index (χ1v) is 8.72. The minimum Gasteiger partial charge on any atom is -0.320 e. The molecule has 0 radical (unpaired) electrons. The summed E-state index contributed by atoms with van der Waals surface area (Å²) < 4.78 is 27.2. The van der Waals surface area contributed by atoms with E-state index in [1.807, 2.05) is 24.3 Å². The Hall–Kier alpha value is -1.36. The van der Waals surface area contributed by atoms with Gasteiger partial charge in [-0.25, -0.2) is 13.1 Å². The van der Waals surface area contributed by atoms with Crippen LogP contribution in [0.15, 0.2) is 40.6 Å². The van der Waals surface area contributed by atoms with Crippen LogP contribution in [-0.4, -0.2) is 15.0 Å². The van der Waals surface area contributed by atoms with Gasteiger partial charge >= 0.3 is 0 Å². The van der Waals surface area contributed by atoms with Crippen LogP contribution in [0.4, 0.5) is 0 Å². The molecule has 0 aliphatic heterocycles. The molecule has 0 amide bonds. The van der Waals surface area contributed by atoms with E-state index in [0.29, 0.717) is 10.9 Å². The van der Waals surface area contributed by atoms with Crippen molar-refractivity contribution < 1.29 is 8.42 Å². The van der Waals surface area contributed by atoms with Gasteiger partial charge in [-0.05, 0) is 29.8 Å². The fourth-order valence-corrected chi connectivity index (χ4v) is 4.10. The number of hydrogen-bond acceptors (Lipinski definition) is 4. The van der Waals surface area contributed by atoms with E-state index in [9.17, 15) is 8.42 Å². The molecule has 2 aromatic rings. The lowest BCUT2D eigenvalue weighted by molar-refractivity contribution is 0.583. The quantitative estimate of drug-likeness (QED) is 0.838. The number of benzene rings is 1. The maximum absolute atomic E-state index is 12.0. The molecule has 0 atom stereocenters. The summed E-state index contributed by atoms with van der Waals surface area (Å²) in [5, 5.41) is 0. The normalized spacial score (nSPS) is 11.0. The molecule has 2 rings (SSSR count). The number of thiophene rings is 1. The van der Waals surface area contributed by atoms with Gasteiger partial charge in [-0.15, -0.1) is 11.3 Å². The van der Waals surface area contributed by atoms with Crippen LogP contribution in [0.25, 0.3) is 0 Å². The Morgan fingerprint density at radius 3 is 2.48 bits per heavy atom. The first-order chi connectivity index (χ1) is 10.0. The summed E-state index contributed by atoms with van der Waals surface area (Å²) in [5.41, 5.74) is 6.99. The molecule has 0 aliphatic rings. The first kappa shape index (κ1) is 16.0. The highest BCUT2D eigenvalue weighted by molar-refractivity contribution is 7.91. The van der Waals surface area contributed by atoms with E-state index < -0.39 is 10.0 Å². The van der Waals surface area contributed by atoms with Gasteiger partial charge in [0.15, 0.2) is 0 Å². The first-order valence-electron chi connectivity index (χ1n) is 6.04. The largest absolute Gasteiger partial charge is 0.320 e. The third-order valence-corrected chi connectivity index (χ3v) is 5.69. The predicted octanol–water partition coefficient (Wildman–Crippen LogP) is 2.19. The number of halogens is 1. The Balaban J connectivity index is 2.03. The van der Waals surface area contributed by atoms with Crippen molar-refractivity contribution in [2.45, 2.75) is 10.8 Å². The molecule has 1 aromatic heterocycles. The third kappa shape index (κ3) is 4.56. The molecule has 110 valence electrons. The monoisotopic (exact) mass is 340 g/mol. The standard InChI is InChI=1S/C14H13ClN2O2S2/c15-13-7-8-14(20-13)21(18,19)17-10-12-5-3-11(4-6-12)2-1-9-16/h3-8,17H,9-10,16H2. The Labute approximate surface area is 133 Å². The summed E-state index contributed by atoms with van der Waals surface area (Å²) in [4.78, 5) is 0. The molecule has 0 aliphatic carbocycles. The van der Waals surface area contributed by atoms with Crippen LogP contribution in [0.3, 0.4) is 0 Å². The summed E-state index contributed by atoms with van der Waals surface area (Å²) in [6.45, 7) is 0.521. The Morgan fingerprint density at radius 1 is 1.19 bits per heavy atom. The molecule has 1 aromatic carbocycles. The van der Waals surface area contributed by atoms with Crippen molar-refractivity contribution in [2.75, 3.05) is 6.54 Å². The maximum atomic E-state index is 12.0. The zero-order chi connectivity index (χ0) is 15.3. The topological polar surface area (TPSA) is 72.2 Å². The SMILES string of the molecule is NCC#Cc1ccc(CNS(=O)(=O)c2ccc(Cl)s2)cc1. The highest BCUT2D eigenvalue weighted by atomic mass is 35.5. The van der Waals surface area contributed by atoms with Gasteiger partial charge in [0.2, 0.25) is 10.0 Å². The number of nitrogens with two attached hydrogens (primary N) is 1. The van der Waals surface area contributed by atoms with E-state index in [1.54, 1.807) is 6.07 Å². The third-order valence-electron chi connectivity index (χ3n) is 2.57. The maximum Gasteiger partial charge on any atom is 0.250 e. The Bertz CT molecular complexity index is 771. The van der Waals surface area contributed by atoms with Gasteiger partial charge in [0.25, 0.3) is 0 Å². The van der Waals surface area contributed by atoms with Gasteiger partial charge in [-0.1, -0.05) is 35.6 Å². The van der Waals surface area contributed by atoms with Gasteiger partial charge in [0.1, 0.15) is 4.21 Å². The smallest absolute Gasteiger partial charge is 0.250 e. The zero-order valence-corrected chi connectivity index (χ0v) is 13.4. The van der Waals surface area contributed by atoms with Crippen LogP contribution in [0, 0.1) is 11.8 Å². The second-order valence-corrected chi connectivity index (χ2v) is 7.79. The van der Waals surface area contributed by atoms with Gasteiger partial charge < -0.3 is 5.73 Å². The number of rotatable bonds is 4. The van der Waals surface area contributed by atoms with Crippen molar-refractivity contribution in [1.29, 1.82) is 0 Å². The fourth-order valence-electron chi connectivity index (χ4n) is 1.55. The van der Waals surface area contributed by atoms with E-state index in [2.05, 4.69) is 16.6 Å². The van der Waals surface area contributed by atoms with Crippen LogP contribution < -0.4 is 10.5 Å². The molecule has 1 heterocycles. The second-order valence-electron chi connectivity index (χ2n) is 4.09. The van der Waals surface area contributed by atoms with Crippen molar-refractivity contribution >= 4 is 33.0 Å². The number of nitrogens with one attached hydrogen (secondary N) is 1. The molecular formula is C14H13ClN2O2S2. The van der Waals surface area contributed by atoms with E-state index in [1.165, 1.54) is 6.07 Å². The Kier molecular flexibility index (Phi) is 5.39. The lowest BCUT2D eigenvalue weighted by Crippen LogP contribution is -2.22. The van der Waals surface area contributed by atoms with Crippen molar-refractivity contribution in [3.63, 3.8) is 0 Å². The van der Waals surface area contributed by atoms with Gasteiger partial charge in [-0.2, -0.15) is 0 Å². The van der Waals surface area contributed by atoms with Crippen molar-refractivity contribution in [3.05, 3.63) is 51.9 Å². The van der Waals surface area contributed by atoms with Crippen molar-refractivity contribution in [1.82, 2.24) is 4.72 Å². The van der Waals surface area contributed by atoms with Gasteiger partial charge in [0.05, 0.1) is 10.9 Å². The van der Waals surface area contributed by atoms with E-state index in [-0.39, 0.29) is 10.8 Å². The average Bonchev–Trinajstić information content (AvgIpc) is 2.91. The summed E-state index contributed by atoms with van der Waals surface area (Å²) in [7, 11) is -3.52. The predicted molar refractivity (Wildman–Crippen MR) is 85.7 cm³/mol. The van der Waals surface area contributed by atoms with Crippen molar-refractivity contribution in [3.8, 4) is 11.8 Å². The summed E-state index contributed by atoms with van der Waals surface area (Å²) in [6.07, 6.45) is 0. The molecule has 4 nitrogen and oxygen atoms in total. The minimum absolute atomic E-state index is 0.206. The average molecular weight is 341 g/mol. The lowest BCUT2D eigenvalue weighted by Gasteiger charge is -2.05. The summed E-state index contributed by atoms with van der Waals surface area (Å²) >= 11 is 6.77. The molecule has 3 N–H and O–H groups in total. The van der Waals surface area contributed by atoms with E-state index >= 15 is 0 Å². The molecule has 0 saturated carbocycles. The van der Waals surface area contributed by atoms with E-state index in [0.717, 1.165) is 22.5 Å². The summed E-state index contributed by atoms with van der Waals surface area (Å²) in [6, 6.07) is 10.4. The highest BCUT2D eigenvalue weighted by Crippen LogP contribution is 2.25. The number of hydrogen-bond donors (Lipinski definition) is 2. The van der Waals surface area contributed by atoms with Crippen LogP contribution in [0.1, 0.15) is 11.1 Å². The molecule has 21 heavy (non-hydrogen) atoms. The van der Waals surface area contributed by atoms with Crippen LogP contribution >= 0.6 is 22.9 Å². The molecule has 0 saturated heterocycles.